The Labute approximate surface area is 134 Å². The van der Waals surface area contributed by atoms with Gasteiger partial charge in [-0.3, -0.25) is 4.31 Å². The number of sulfonamides is 1. The van der Waals surface area contributed by atoms with Crippen molar-refractivity contribution in [1.29, 1.82) is 0 Å². The van der Waals surface area contributed by atoms with E-state index >= 15 is 0 Å². The van der Waals surface area contributed by atoms with Crippen LogP contribution in [0.25, 0.3) is 0 Å². The molecule has 0 aliphatic carbocycles. The van der Waals surface area contributed by atoms with Crippen LogP contribution in [0.3, 0.4) is 0 Å². The maximum absolute atomic E-state index is 13.2. The lowest BCUT2D eigenvalue weighted by Crippen LogP contribution is -2.35. The van der Waals surface area contributed by atoms with Crippen LogP contribution in [0.15, 0.2) is 41.3 Å². The molecule has 0 spiro atoms. The molecule has 0 saturated carbocycles. The number of halogens is 2. The second-order valence-corrected chi connectivity index (χ2v) is 7.63. The first-order valence-corrected chi connectivity index (χ1v) is 8.79. The Morgan fingerprint density at radius 3 is 2.68 bits per heavy atom. The molecule has 1 aliphatic rings. The lowest BCUT2D eigenvalue weighted by molar-refractivity contribution is 0.585. The molecule has 0 amide bonds. The Hall–Kier alpha value is -1.59. The van der Waals surface area contributed by atoms with Crippen molar-refractivity contribution in [2.75, 3.05) is 10.8 Å². The molecule has 3 nitrogen and oxygen atoms in total. The minimum Gasteiger partial charge on any atom is -0.266 e. The minimum atomic E-state index is -3.80. The molecular weight excluding hydrogens is 325 g/mol. The van der Waals surface area contributed by atoms with Crippen molar-refractivity contribution < 1.29 is 12.8 Å². The third kappa shape index (κ3) is 2.59. The SMILES string of the molecule is Cc1ccc2c(c1)CCCN2S(=O)(=O)c1ccc(F)cc1Cl. The highest BCUT2D eigenvalue weighted by Crippen LogP contribution is 2.34. The number of anilines is 1. The van der Waals surface area contributed by atoms with Crippen LogP contribution < -0.4 is 4.31 Å². The largest absolute Gasteiger partial charge is 0.266 e. The molecule has 0 saturated heterocycles. The van der Waals surface area contributed by atoms with E-state index in [1.807, 2.05) is 25.1 Å². The van der Waals surface area contributed by atoms with E-state index in [0.717, 1.165) is 36.1 Å². The maximum atomic E-state index is 13.2. The normalized spacial score (nSPS) is 14.8. The van der Waals surface area contributed by atoms with Gasteiger partial charge in [-0.2, -0.15) is 0 Å². The highest BCUT2D eigenvalue weighted by molar-refractivity contribution is 7.93. The molecule has 0 N–H and O–H groups in total. The molecule has 0 radical (unpaired) electrons. The zero-order valence-electron chi connectivity index (χ0n) is 12.0. The maximum Gasteiger partial charge on any atom is 0.265 e. The minimum absolute atomic E-state index is 0.0657. The van der Waals surface area contributed by atoms with Gasteiger partial charge in [-0.05, 0) is 49.6 Å². The summed E-state index contributed by atoms with van der Waals surface area (Å²) in [6.45, 7) is 2.37. The zero-order chi connectivity index (χ0) is 15.9. The van der Waals surface area contributed by atoms with E-state index in [-0.39, 0.29) is 9.92 Å². The fourth-order valence-electron chi connectivity index (χ4n) is 2.74. The molecule has 0 fully saturated rings. The topological polar surface area (TPSA) is 37.4 Å². The van der Waals surface area contributed by atoms with Gasteiger partial charge in [0, 0.05) is 6.54 Å². The smallest absolute Gasteiger partial charge is 0.265 e. The van der Waals surface area contributed by atoms with Crippen LogP contribution in [0.1, 0.15) is 17.5 Å². The molecule has 6 heteroatoms. The molecule has 0 unspecified atom stereocenters. The average molecular weight is 340 g/mol. The van der Waals surface area contributed by atoms with Crippen molar-refractivity contribution in [3.63, 3.8) is 0 Å². The van der Waals surface area contributed by atoms with Crippen molar-refractivity contribution in [2.45, 2.75) is 24.7 Å². The summed E-state index contributed by atoms with van der Waals surface area (Å²) in [4.78, 5) is -0.0657. The van der Waals surface area contributed by atoms with Gasteiger partial charge < -0.3 is 0 Å². The number of fused-ring (bicyclic) bond motifs is 1. The van der Waals surface area contributed by atoms with Crippen LogP contribution in [0, 0.1) is 12.7 Å². The van der Waals surface area contributed by atoms with Gasteiger partial charge in [0.15, 0.2) is 0 Å². The molecule has 1 aliphatic heterocycles. The van der Waals surface area contributed by atoms with E-state index in [1.54, 1.807) is 0 Å². The summed E-state index contributed by atoms with van der Waals surface area (Å²) in [6.07, 6.45) is 1.59. The Morgan fingerprint density at radius 1 is 1.18 bits per heavy atom. The van der Waals surface area contributed by atoms with Gasteiger partial charge >= 0.3 is 0 Å². The molecule has 2 aromatic rings. The van der Waals surface area contributed by atoms with E-state index in [4.69, 9.17) is 11.6 Å². The fraction of sp³-hybridized carbons (Fsp3) is 0.250. The quantitative estimate of drug-likeness (QED) is 0.831. The molecule has 0 bridgehead atoms. The van der Waals surface area contributed by atoms with Gasteiger partial charge in [0.2, 0.25) is 0 Å². The zero-order valence-corrected chi connectivity index (χ0v) is 13.6. The number of aryl methyl sites for hydroxylation is 2. The molecule has 22 heavy (non-hydrogen) atoms. The standard InChI is InChI=1S/C16H15ClFNO2S/c1-11-4-6-15-12(9-11)3-2-8-19(15)22(20,21)16-7-5-13(18)10-14(16)17/h4-7,9-10H,2-3,8H2,1H3. The van der Waals surface area contributed by atoms with E-state index < -0.39 is 15.8 Å². The Bertz CT molecular complexity index is 836. The first-order valence-electron chi connectivity index (χ1n) is 6.97. The van der Waals surface area contributed by atoms with Gasteiger partial charge in [-0.1, -0.05) is 29.3 Å². The van der Waals surface area contributed by atoms with Crippen molar-refractivity contribution in [3.8, 4) is 0 Å². The van der Waals surface area contributed by atoms with Gasteiger partial charge in [-0.15, -0.1) is 0 Å². The summed E-state index contributed by atoms with van der Waals surface area (Å²) >= 11 is 5.94. The average Bonchev–Trinajstić information content (AvgIpc) is 2.45. The molecule has 0 aromatic heterocycles. The molecule has 1 heterocycles. The second-order valence-electron chi connectivity index (χ2n) is 5.39. The van der Waals surface area contributed by atoms with Crippen LogP contribution in [0.4, 0.5) is 10.1 Å². The number of hydrogen-bond acceptors (Lipinski definition) is 2. The Balaban J connectivity index is 2.11. The molecule has 3 rings (SSSR count). The summed E-state index contributed by atoms with van der Waals surface area (Å²) in [7, 11) is -3.80. The molecule has 0 atom stereocenters. The van der Waals surface area contributed by atoms with E-state index in [0.29, 0.717) is 12.2 Å². The first-order chi connectivity index (χ1) is 10.4. The van der Waals surface area contributed by atoms with Gasteiger partial charge in [0.05, 0.1) is 10.7 Å². The van der Waals surface area contributed by atoms with Gasteiger partial charge in [0.1, 0.15) is 10.7 Å². The fourth-order valence-corrected chi connectivity index (χ4v) is 4.79. The first kappa shape index (κ1) is 15.3. The van der Waals surface area contributed by atoms with E-state index in [2.05, 4.69) is 0 Å². The molecular formula is C16H15ClFNO2S. The van der Waals surface area contributed by atoms with E-state index in [9.17, 15) is 12.8 Å². The number of nitrogens with zero attached hydrogens (tertiary/aromatic N) is 1. The lowest BCUT2D eigenvalue weighted by atomic mass is 10.0. The van der Waals surface area contributed by atoms with Gasteiger partial charge in [0.25, 0.3) is 10.0 Å². The van der Waals surface area contributed by atoms with E-state index in [1.165, 1.54) is 10.4 Å². The molecule has 116 valence electrons. The van der Waals surface area contributed by atoms with Crippen LogP contribution in [0.5, 0.6) is 0 Å². The Morgan fingerprint density at radius 2 is 1.95 bits per heavy atom. The highest BCUT2D eigenvalue weighted by atomic mass is 35.5. The number of hydrogen-bond donors (Lipinski definition) is 0. The van der Waals surface area contributed by atoms with Crippen LogP contribution >= 0.6 is 11.6 Å². The second kappa shape index (κ2) is 5.56. The van der Waals surface area contributed by atoms with Crippen molar-refractivity contribution >= 4 is 27.3 Å². The van der Waals surface area contributed by atoms with Crippen molar-refractivity contribution in [3.05, 3.63) is 58.4 Å². The summed E-state index contributed by atoms with van der Waals surface area (Å²) in [6, 6.07) is 9.06. The number of rotatable bonds is 2. The third-order valence-electron chi connectivity index (χ3n) is 3.77. The van der Waals surface area contributed by atoms with Crippen molar-refractivity contribution in [1.82, 2.24) is 0 Å². The lowest BCUT2D eigenvalue weighted by Gasteiger charge is -2.31. The third-order valence-corrected chi connectivity index (χ3v) is 6.07. The predicted octanol–water partition coefficient (Wildman–Crippen LogP) is 3.93. The van der Waals surface area contributed by atoms with Crippen molar-refractivity contribution in [2.24, 2.45) is 0 Å². The summed E-state index contributed by atoms with van der Waals surface area (Å²) in [5.74, 6) is -0.557. The summed E-state index contributed by atoms with van der Waals surface area (Å²) in [5.41, 5.74) is 2.78. The highest BCUT2D eigenvalue weighted by Gasteiger charge is 2.30. The summed E-state index contributed by atoms with van der Waals surface area (Å²) < 4.78 is 40.3. The number of benzene rings is 2. The predicted molar refractivity (Wildman–Crippen MR) is 85.4 cm³/mol. The Kier molecular flexibility index (Phi) is 3.87. The monoisotopic (exact) mass is 339 g/mol. The van der Waals surface area contributed by atoms with Crippen LogP contribution in [-0.4, -0.2) is 15.0 Å². The molecule has 2 aromatic carbocycles. The van der Waals surface area contributed by atoms with Crippen LogP contribution in [0.2, 0.25) is 5.02 Å². The summed E-state index contributed by atoms with van der Waals surface area (Å²) in [5, 5.41) is -0.0979. The van der Waals surface area contributed by atoms with Gasteiger partial charge in [-0.25, -0.2) is 12.8 Å². The van der Waals surface area contributed by atoms with Crippen LogP contribution in [-0.2, 0) is 16.4 Å².